The van der Waals surface area contributed by atoms with E-state index in [4.69, 9.17) is 0 Å². The van der Waals surface area contributed by atoms with Crippen LogP contribution in [0.5, 0.6) is 0 Å². The molecule has 0 aromatic heterocycles. The molecule has 0 nitrogen and oxygen atoms in total. The van der Waals surface area contributed by atoms with Crippen molar-refractivity contribution in [2.45, 2.75) is 9.91 Å². The van der Waals surface area contributed by atoms with Crippen LogP contribution in [0.25, 0.3) is 0 Å². The maximum atomic E-state index is 12.0. The van der Waals surface area contributed by atoms with Crippen molar-refractivity contribution >= 4 is 31.9 Å². The fourth-order valence-corrected chi connectivity index (χ4v) is 0.407. The first-order valence-corrected chi connectivity index (χ1v) is 3.27. The Bertz CT molecular complexity index is 49.4. The zero-order valence-electron chi connectivity index (χ0n) is 3.43. The third-order valence-electron chi connectivity index (χ3n) is 0.378. The molecule has 0 aliphatic carbocycles. The van der Waals surface area contributed by atoms with Gasteiger partial charge in [0.05, 0.1) is 6.67 Å². The summed E-state index contributed by atoms with van der Waals surface area (Å²) >= 11 is 5.10. The minimum atomic E-state index is -1.70. The molecule has 0 aromatic carbocycles. The Morgan fingerprint density at radius 1 is 1.43 bits per heavy atom. The summed E-state index contributed by atoms with van der Waals surface area (Å²) in [6.07, 6.45) is -0.160. The van der Waals surface area contributed by atoms with Crippen molar-refractivity contribution in [1.29, 1.82) is 0 Å². The topological polar surface area (TPSA) is 0 Å². The van der Waals surface area contributed by atoms with Gasteiger partial charge in [-0.15, -0.1) is 0 Å². The molecule has 0 bridgehead atoms. The summed E-state index contributed by atoms with van der Waals surface area (Å²) in [5, 5.41) is 0. The lowest BCUT2D eigenvalue weighted by molar-refractivity contribution is 0.354. The number of halogens is 4. The monoisotopic (exact) mass is 236 g/mol. The Hall–Kier alpha value is 0.820. The zero-order chi connectivity index (χ0) is 5.91. The fraction of sp³-hybridized carbons (Fsp3) is 1.00. The number of alkyl halides is 4. The first kappa shape index (κ1) is 7.82. The molecule has 0 aliphatic heterocycles. The van der Waals surface area contributed by atoms with Crippen LogP contribution in [0.1, 0.15) is 6.42 Å². The van der Waals surface area contributed by atoms with E-state index in [0.717, 1.165) is 0 Å². The molecular formula is C3H4Br2F2. The summed E-state index contributed by atoms with van der Waals surface area (Å²) < 4.78 is 21.5. The molecule has 0 saturated heterocycles. The van der Waals surface area contributed by atoms with E-state index >= 15 is 0 Å². The van der Waals surface area contributed by atoms with E-state index in [2.05, 4.69) is 31.9 Å². The molecule has 0 unspecified atom stereocenters. The largest absolute Gasteiger partial charge is 0.251 e. The van der Waals surface area contributed by atoms with Gasteiger partial charge in [-0.2, -0.15) is 0 Å². The lowest BCUT2D eigenvalue weighted by Crippen LogP contribution is -2.01. The van der Waals surface area contributed by atoms with Crippen LogP contribution in [0.15, 0.2) is 0 Å². The van der Waals surface area contributed by atoms with Crippen LogP contribution in [0.3, 0.4) is 0 Å². The Balaban J connectivity index is 3.15. The van der Waals surface area contributed by atoms with E-state index in [1.54, 1.807) is 0 Å². The zero-order valence-corrected chi connectivity index (χ0v) is 6.60. The van der Waals surface area contributed by atoms with Gasteiger partial charge in [-0.25, -0.2) is 4.39 Å². The molecule has 7 heavy (non-hydrogen) atoms. The molecule has 0 fully saturated rings. The van der Waals surface area contributed by atoms with Gasteiger partial charge >= 0.3 is 0 Å². The summed E-state index contributed by atoms with van der Waals surface area (Å²) in [5.74, 6) is 0. The maximum absolute atomic E-state index is 12.0. The highest BCUT2D eigenvalue weighted by Gasteiger charge is 2.18. The molecule has 4 heteroatoms. The standard InChI is InChI=1S/C3H4Br2F2/c4-3(5,7)1-2-6/h1-2H2. The predicted octanol–water partition coefficient (Wildman–Crippen LogP) is 2.76. The lowest BCUT2D eigenvalue weighted by atomic mass is 10.5. The molecule has 0 radical (unpaired) electrons. The van der Waals surface area contributed by atoms with Crippen molar-refractivity contribution in [2.24, 2.45) is 0 Å². The molecule has 0 amide bonds. The molecule has 0 rings (SSSR count). The molecule has 0 heterocycles. The van der Waals surface area contributed by atoms with E-state index < -0.39 is 10.2 Å². The molecule has 0 saturated carbocycles. The van der Waals surface area contributed by atoms with Gasteiger partial charge in [0.2, 0.25) is 3.49 Å². The van der Waals surface area contributed by atoms with Crippen LogP contribution < -0.4 is 0 Å². The Labute approximate surface area is 57.5 Å². The lowest BCUT2D eigenvalue weighted by Gasteiger charge is -2.03. The normalized spacial score (nSPS) is 12.0. The number of rotatable bonds is 2. The maximum Gasteiger partial charge on any atom is 0.221 e. The van der Waals surface area contributed by atoms with Gasteiger partial charge in [0.15, 0.2) is 0 Å². The number of hydrogen-bond donors (Lipinski definition) is 0. The summed E-state index contributed by atoms with van der Waals surface area (Å²) in [4.78, 5) is 0. The van der Waals surface area contributed by atoms with Gasteiger partial charge in [-0.1, -0.05) is 0 Å². The first-order valence-electron chi connectivity index (χ1n) is 1.69. The first-order chi connectivity index (χ1) is 3.06. The summed E-state index contributed by atoms with van der Waals surface area (Å²) in [6.45, 7) is -0.660. The van der Waals surface area contributed by atoms with E-state index in [1.165, 1.54) is 0 Å². The average Bonchev–Trinajstić information content (AvgIpc) is 1.30. The summed E-state index contributed by atoms with van der Waals surface area (Å²) in [5.41, 5.74) is 0. The van der Waals surface area contributed by atoms with Crippen molar-refractivity contribution in [3.63, 3.8) is 0 Å². The summed E-state index contributed by atoms with van der Waals surface area (Å²) in [6, 6.07) is 0. The molecule has 0 spiro atoms. The quantitative estimate of drug-likeness (QED) is 0.648. The van der Waals surface area contributed by atoms with Gasteiger partial charge in [0.25, 0.3) is 0 Å². The highest BCUT2D eigenvalue weighted by Crippen LogP contribution is 2.31. The predicted molar refractivity (Wildman–Crippen MR) is 32.3 cm³/mol. The molecule has 0 N–H and O–H groups in total. The second-order valence-corrected chi connectivity index (χ2v) is 4.63. The van der Waals surface area contributed by atoms with Crippen molar-refractivity contribution in [3.05, 3.63) is 0 Å². The molecule has 0 aliphatic rings. The van der Waals surface area contributed by atoms with Crippen LogP contribution in [-0.2, 0) is 0 Å². The highest BCUT2D eigenvalue weighted by atomic mass is 79.9. The SMILES string of the molecule is FCCC(F)(Br)Br. The van der Waals surface area contributed by atoms with Crippen LogP contribution >= 0.6 is 31.9 Å². The van der Waals surface area contributed by atoms with Gasteiger partial charge in [-0.05, 0) is 31.9 Å². The average molecular weight is 238 g/mol. The highest BCUT2D eigenvalue weighted by molar-refractivity contribution is 9.25. The van der Waals surface area contributed by atoms with Crippen molar-refractivity contribution in [2.75, 3.05) is 6.67 Å². The summed E-state index contributed by atoms with van der Waals surface area (Å²) in [7, 11) is 0. The van der Waals surface area contributed by atoms with Crippen molar-refractivity contribution < 1.29 is 8.78 Å². The van der Waals surface area contributed by atoms with E-state index in [-0.39, 0.29) is 6.42 Å². The van der Waals surface area contributed by atoms with E-state index in [0.29, 0.717) is 0 Å². The van der Waals surface area contributed by atoms with Crippen LogP contribution in [0, 0.1) is 0 Å². The van der Waals surface area contributed by atoms with Crippen molar-refractivity contribution in [3.8, 4) is 0 Å². The third kappa shape index (κ3) is 6.82. The Kier molecular flexibility index (Phi) is 3.32. The Morgan fingerprint density at radius 3 is 1.86 bits per heavy atom. The van der Waals surface area contributed by atoms with Crippen LogP contribution in [-0.4, -0.2) is 10.2 Å². The molecular weight excluding hydrogens is 234 g/mol. The van der Waals surface area contributed by atoms with Gasteiger partial charge in [0, 0.05) is 6.42 Å². The minimum absolute atomic E-state index is 0.160. The van der Waals surface area contributed by atoms with Crippen LogP contribution in [0.2, 0.25) is 0 Å². The third-order valence-corrected chi connectivity index (χ3v) is 1.17. The smallest absolute Gasteiger partial charge is 0.221 e. The second kappa shape index (κ2) is 2.97. The molecule has 0 atom stereocenters. The molecule has 44 valence electrons. The second-order valence-electron chi connectivity index (χ2n) is 1.05. The Morgan fingerprint density at radius 2 is 1.86 bits per heavy atom. The van der Waals surface area contributed by atoms with Crippen LogP contribution in [0.4, 0.5) is 8.78 Å². The van der Waals surface area contributed by atoms with E-state index in [9.17, 15) is 8.78 Å². The van der Waals surface area contributed by atoms with Gasteiger partial charge in [0.1, 0.15) is 0 Å². The van der Waals surface area contributed by atoms with Gasteiger partial charge < -0.3 is 0 Å². The molecule has 0 aromatic rings. The fourth-order valence-electron chi connectivity index (χ4n) is 0.107. The van der Waals surface area contributed by atoms with Gasteiger partial charge in [-0.3, -0.25) is 4.39 Å². The van der Waals surface area contributed by atoms with Crippen molar-refractivity contribution in [1.82, 2.24) is 0 Å². The minimum Gasteiger partial charge on any atom is -0.251 e. The number of hydrogen-bond acceptors (Lipinski definition) is 0. The van der Waals surface area contributed by atoms with E-state index in [1.807, 2.05) is 0 Å².